The maximum absolute atomic E-state index is 11.5. The Balaban J connectivity index is 2.90. The first kappa shape index (κ1) is 12.0. The molecular weight excluding hydrogens is 212 g/mol. The van der Waals surface area contributed by atoms with Crippen LogP contribution in [0.15, 0.2) is 0 Å². The fourth-order valence-electron chi connectivity index (χ4n) is 1.24. The van der Waals surface area contributed by atoms with Crippen LogP contribution in [-0.4, -0.2) is 17.6 Å². The number of aromatic nitrogens is 1. The predicted molar refractivity (Wildman–Crippen MR) is 61.0 cm³/mol. The van der Waals surface area contributed by atoms with E-state index in [1.54, 1.807) is 6.92 Å². The highest BCUT2D eigenvalue weighted by Crippen LogP contribution is 2.24. The number of ether oxygens (including phenoxy) is 1. The van der Waals surface area contributed by atoms with E-state index in [0.29, 0.717) is 23.4 Å². The van der Waals surface area contributed by atoms with Gasteiger partial charge in [0, 0.05) is 4.88 Å². The highest BCUT2D eigenvalue weighted by Gasteiger charge is 2.18. The Hall–Kier alpha value is -1.10. The lowest BCUT2D eigenvalue weighted by Gasteiger charge is -2.04. The van der Waals surface area contributed by atoms with Crippen molar-refractivity contribution < 1.29 is 9.53 Å². The van der Waals surface area contributed by atoms with Gasteiger partial charge in [0.05, 0.1) is 6.61 Å². The molecule has 1 rings (SSSR count). The third kappa shape index (κ3) is 3.20. The first-order valence-electron chi connectivity index (χ1n) is 4.96. The summed E-state index contributed by atoms with van der Waals surface area (Å²) in [6, 6.07) is 0. The molecule has 0 saturated heterocycles. The summed E-state index contributed by atoms with van der Waals surface area (Å²) in [5, 5.41) is 0.425. The van der Waals surface area contributed by atoms with Crippen LogP contribution in [0.3, 0.4) is 0 Å². The van der Waals surface area contributed by atoms with Gasteiger partial charge in [-0.3, -0.25) is 0 Å². The average molecular weight is 228 g/mol. The highest BCUT2D eigenvalue weighted by atomic mass is 32.1. The van der Waals surface area contributed by atoms with Crippen molar-refractivity contribution in [1.82, 2.24) is 4.98 Å². The van der Waals surface area contributed by atoms with Gasteiger partial charge in [-0.2, -0.15) is 0 Å². The van der Waals surface area contributed by atoms with Gasteiger partial charge in [0.25, 0.3) is 0 Å². The SMILES string of the molecule is CCOC(=O)c1nc(N)sc1CC(C)C. The van der Waals surface area contributed by atoms with E-state index in [9.17, 15) is 4.79 Å². The normalized spacial score (nSPS) is 10.7. The Morgan fingerprint density at radius 3 is 2.80 bits per heavy atom. The van der Waals surface area contributed by atoms with Gasteiger partial charge < -0.3 is 10.5 Å². The first-order valence-corrected chi connectivity index (χ1v) is 5.78. The molecule has 0 spiro atoms. The molecule has 0 unspecified atom stereocenters. The van der Waals surface area contributed by atoms with Gasteiger partial charge >= 0.3 is 5.97 Å². The van der Waals surface area contributed by atoms with E-state index in [1.165, 1.54) is 11.3 Å². The lowest BCUT2D eigenvalue weighted by atomic mass is 10.1. The molecule has 2 N–H and O–H groups in total. The zero-order chi connectivity index (χ0) is 11.4. The Labute approximate surface area is 93.5 Å². The zero-order valence-corrected chi connectivity index (χ0v) is 10.1. The van der Waals surface area contributed by atoms with Gasteiger partial charge in [-0.25, -0.2) is 9.78 Å². The van der Waals surface area contributed by atoms with Crippen LogP contribution in [0.1, 0.15) is 36.1 Å². The number of anilines is 1. The number of thiazole rings is 1. The smallest absolute Gasteiger partial charge is 0.358 e. The number of carbonyl (C=O) groups is 1. The summed E-state index contributed by atoms with van der Waals surface area (Å²) >= 11 is 1.36. The maximum atomic E-state index is 11.5. The van der Waals surface area contributed by atoms with E-state index in [1.807, 2.05) is 0 Å². The molecule has 0 amide bonds. The Morgan fingerprint density at radius 2 is 2.27 bits per heavy atom. The number of rotatable bonds is 4. The molecule has 15 heavy (non-hydrogen) atoms. The van der Waals surface area contributed by atoms with Crippen molar-refractivity contribution in [2.45, 2.75) is 27.2 Å². The number of hydrogen-bond donors (Lipinski definition) is 1. The molecule has 0 fully saturated rings. The van der Waals surface area contributed by atoms with Gasteiger partial charge in [-0.15, -0.1) is 11.3 Å². The minimum Gasteiger partial charge on any atom is -0.461 e. The molecule has 0 aromatic carbocycles. The topological polar surface area (TPSA) is 65.2 Å². The van der Waals surface area contributed by atoms with Gasteiger partial charge in [-0.05, 0) is 19.3 Å². The minimum absolute atomic E-state index is 0.359. The summed E-state index contributed by atoms with van der Waals surface area (Å²) in [4.78, 5) is 16.4. The fourth-order valence-corrected chi connectivity index (χ4v) is 2.27. The summed E-state index contributed by atoms with van der Waals surface area (Å²) in [5.41, 5.74) is 5.97. The molecule has 84 valence electrons. The van der Waals surface area contributed by atoms with Crippen LogP contribution in [0, 0.1) is 5.92 Å². The maximum Gasteiger partial charge on any atom is 0.358 e. The van der Waals surface area contributed by atoms with Crippen LogP contribution in [0.2, 0.25) is 0 Å². The molecule has 0 aliphatic heterocycles. The molecule has 1 heterocycles. The molecule has 0 saturated carbocycles. The average Bonchev–Trinajstić information content (AvgIpc) is 2.46. The number of carbonyl (C=O) groups excluding carboxylic acids is 1. The minimum atomic E-state index is -0.374. The van der Waals surface area contributed by atoms with Crippen LogP contribution in [-0.2, 0) is 11.2 Å². The summed E-state index contributed by atoms with van der Waals surface area (Å²) in [7, 11) is 0. The van der Waals surface area contributed by atoms with Crippen molar-refractivity contribution in [2.75, 3.05) is 12.3 Å². The zero-order valence-electron chi connectivity index (χ0n) is 9.24. The summed E-state index contributed by atoms with van der Waals surface area (Å²) in [6.45, 7) is 6.31. The van der Waals surface area contributed by atoms with Crippen molar-refractivity contribution in [3.05, 3.63) is 10.6 Å². The van der Waals surface area contributed by atoms with Crippen molar-refractivity contribution in [3.63, 3.8) is 0 Å². The fraction of sp³-hybridized carbons (Fsp3) is 0.600. The molecule has 4 nitrogen and oxygen atoms in total. The van der Waals surface area contributed by atoms with E-state index in [2.05, 4.69) is 18.8 Å². The molecule has 0 bridgehead atoms. The number of nitrogen functional groups attached to an aromatic ring is 1. The molecular formula is C10H16N2O2S. The second-order valence-electron chi connectivity index (χ2n) is 3.64. The standard InChI is InChI=1S/C10H16N2O2S/c1-4-14-9(13)8-7(5-6(2)3)15-10(11)12-8/h6H,4-5H2,1-3H3,(H2,11,12). The number of nitrogens with two attached hydrogens (primary N) is 1. The van der Waals surface area contributed by atoms with E-state index in [4.69, 9.17) is 10.5 Å². The van der Waals surface area contributed by atoms with E-state index >= 15 is 0 Å². The van der Waals surface area contributed by atoms with E-state index in [-0.39, 0.29) is 5.97 Å². The first-order chi connectivity index (χ1) is 7.04. The van der Waals surface area contributed by atoms with Crippen LogP contribution < -0.4 is 5.73 Å². The Bertz CT molecular complexity index is 347. The molecule has 0 atom stereocenters. The summed E-state index contributed by atoms with van der Waals surface area (Å²) in [6.07, 6.45) is 0.809. The second kappa shape index (κ2) is 5.11. The summed E-state index contributed by atoms with van der Waals surface area (Å²) < 4.78 is 4.91. The van der Waals surface area contributed by atoms with Gasteiger partial charge in [0.15, 0.2) is 10.8 Å². The molecule has 5 heteroatoms. The van der Waals surface area contributed by atoms with E-state index < -0.39 is 0 Å². The Kier molecular flexibility index (Phi) is 4.08. The van der Waals surface area contributed by atoms with Gasteiger partial charge in [0.1, 0.15) is 0 Å². The van der Waals surface area contributed by atoms with Crippen LogP contribution in [0.5, 0.6) is 0 Å². The van der Waals surface area contributed by atoms with Gasteiger partial charge in [0.2, 0.25) is 0 Å². The van der Waals surface area contributed by atoms with Crippen LogP contribution >= 0.6 is 11.3 Å². The molecule has 0 radical (unpaired) electrons. The number of nitrogens with zero attached hydrogens (tertiary/aromatic N) is 1. The van der Waals surface area contributed by atoms with Gasteiger partial charge in [-0.1, -0.05) is 13.8 Å². The number of hydrogen-bond acceptors (Lipinski definition) is 5. The molecule has 0 aliphatic rings. The monoisotopic (exact) mass is 228 g/mol. The quantitative estimate of drug-likeness (QED) is 0.801. The molecule has 1 aromatic heterocycles. The lowest BCUT2D eigenvalue weighted by molar-refractivity contribution is 0.0519. The van der Waals surface area contributed by atoms with Crippen LogP contribution in [0.25, 0.3) is 0 Å². The Morgan fingerprint density at radius 1 is 1.60 bits per heavy atom. The summed E-state index contributed by atoms with van der Waals surface area (Å²) in [5.74, 6) is 0.0964. The number of esters is 1. The lowest BCUT2D eigenvalue weighted by Crippen LogP contribution is -2.09. The highest BCUT2D eigenvalue weighted by molar-refractivity contribution is 7.15. The van der Waals surface area contributed by atoms with Crippen molar-refractivity contribution in [1.29, 1.82) is 0 Å². The molecule has 0 aliphatic carbocycles. The second-order valence-corrected chi connectivity index (χ2v) is 4.76. The third-order valence-electron chi connectivity index (χ3n) is 1.78. The van der Waals surface area contributed by atoms with E-state index in [0.717, 1.165) is 11.3 Å². The van der Waals surface area contributed by atoms with Crippen molar-refractivity contribution in [2.24, 2.45) is 5.92 Å². The van der Waals surface area contributed by atoms with Crippen LogP contribution in [0.4, 0.5) is 5.13 Å². The van der Waals surface area contributed by atoms with Crippen molar-refractivity contribution in [3.8, 4) is 0 Å². The third-order valence-corrected chi connectivity index (χ3v) is 2.68. The predicted octanol–water partition coefficient (Wildman–Crippen LogP) is 2.10. The van der Waals surface area contributed by atoms with Crippen molar-refractivity contribution >= 4 is 22.4 Å². The molecule has 1 aromatic rings. The largest absolute Gasteiger partial charge is 0.461 e.